The van der Waals surface area contributed by atoms with Crippen molar-refractivity contribution in [1.29, 1.82) is 0 Å². The van der Waals surface area contributed by atoms with Gasteiger partial charge in [-0.3, -0.25) is 0 Å². The Hall–Kier alpha value is -2.32. The second-order valence-electron chi connectivity index (χ2n) is 4.70. The highest BCUT2D eigenvalue weighted by molar-refractivity contribution is 5.93. The van der Waals surface area contributed by atoms with Crippen molar-refractivity contribution in [2.45, 2.75) is 25.6 Å². The lowest BCUT2D eigenvalue weighted by molar-refractivity contribution is -0.143. The molecule has 2 amide bonds. The van der Waals surface area contributed by atoms with Crippen LogP contribution in [0.1, 0.15) is 19.4 Å². The molecule has 5 nitrogen and oxygen atoms in total. The fraction of sp³-hybridized carbons (Fsp3) is 0.333. The van der Waals surface area contributed by atoms with Crippen molar-refractivity contribution in [3.05, 3.63) is 29.6 Å². The van der Waals surface area contributed by atoms with E-state index in [1.165, 1.54) is 13.8 Å². The van der Waals surface area contributed by atoms with Crippen molar-refractivity contribution in [2.24, 2.45) is 0 Å². The van der Waals surface area contributed by atoms with E-state index in [2.05, 4.69) is 5.32 Å². The van der Waals surface area contributed by atoms with Gasteiger partial charge >= 0.3 is 18.2 Å². The summed E-state index contributed by atoms with van der Waals surface area (Å²) in [5.41, 5.74) is -3.46. The molecule has 0 bridgehead atoms. The van der Waals surface area contributed by atoms with Gasteiger partial charge in [0.15, 0.2) is 0 Å². The molecule has 1 aromatic carbocycles. The highest BCUT2D eigenvalue weighted by Gasteiger charge is 2.34. The van der Waals surface area contributed by atoms with Crippen LogP contribution in [0.5, 0.6) is 0 Å². The molecule has 0 unspecified atom stereocenters. The number of aliphatic carboxylic acids is 1. The van der Waals surface area contributed by atoms with E-state index in [4.69, 9.17) is 5.11 Å². The van der Waals surface area contributed by atoms with Crippen LogP contribution >= 0.6 is 0 Å². The minimum Gasteiger partial charge on any atom is -0.480 e. The van der Waals surface area contributed by atoms with Crippen LogP contribution in [0, 0.1) is 5.82 Å². The quantitative estimate of drug-likeness (QED) is 0.751. The van der Waals surface area contributed by atoms with Gasteiger partial charge in [0.1, 0.15) is 11.4 Å². The number of hydrogen-bond donors (Lipinski definition) is 3. The summed E-state index contributed by atoms with van der Waals surface area (Å²) >= 11 is 0. The average Bonchev–Trinajstić information content (AvgIpc) is 2.29. The van der Waals surface area contributed by atoms with Crippen molar-refractivity contribution in [1.82, 2.24) is 5.32 Å². The number of halogens is 4. The van der Waals surface area contributed by atoms with Crippen LogP contribution in [0.3, 0.4) is 0 Å². The molecule has 0 atom stereocenters. The highest BCUT2D eigenvalue weighted by atomic mass is 19.4. The smallest absolute Gasteiger partial charge is 0.419 e. The van der Waals surface area contributed by atoms with Crippen LogP contribution in [-0.4, -0.2) is 22.6 Å². The lowest BCUT2D eigenvalue weighted by atomic mass is 10.1. The van der Waals surface area contributed by atoms with Crippen LogP contribution in [0.2, 0.25) is 0 Å². The number of urea groups is 1. The third-order valence-corrected chi connectivity index (χ3v) is 2.49. The van der Waals surface area contributed by atoms with Gasteiger partial charge in [-0.05, 0) is 32.0 Å². The fourth-order valence-electron chi connectivity index (χ4n) is 1.32. The Bertz CT molecular complexity index is 570. The topological polar surface area (TPSA) is 78.4 Å². The van der Waals surface area contributed by atoms with Gasteiger partial charge in [-0.15, -0.1) is 0 Å². The summed E-state index contributed by atoms with van der Waals surface area (Å²) in [6.45, 7) is 2.39. The maximum absolute atomic E-state index is 13.1. The number of carbonyl (C=O) groups is 2. The van der Waals surface area contributed by atoms with Crippen molar-refractivity contribution < 1.29 is 32.3 Å². The van der Waals surface area contributed by atoms with E-state index < -0.39 is 35.1 Å². The molecule has 0 aromatic heterocycles. The van der Waals surface area contributed by atoms with E-state index in [1.807, 2.05) is 5.32 Å². The molecule has 0 saturated heterocycles. The predicted molar refractivity (Wildman–Crippen MR) is 65.3 cm³/mol. The molecular weight excluding hydrogens is 296 g/mol. The molecule has 3 N–H and O–H groups in total. The third-order valence-electron chi connectivity index (χ3n) is 2.49. The zero-order chi connectivity index (χ0) is 16.4. The molecule has 0 radical (unpaired) electrons. The molecule has 0 aliphatic carbocycles. The van der Waals surface area contributed by atoms with Crippen molar-refractivity contribution in [3.63, 3.8) is 0 Å². The molecular formula is C12H12F4N2O3. The van der Waals surface area contributed by atoms with Gasteiger partial charge in [0.2, 0.25) is 0 Å². The lowest BCUT2D eigenvalue weighted by Crippen LogP contribution is -2.51. The van der Waals surface area contributed by atoms with Gasteiger partial charge < -0.3 is 15.7 Å². The van der Waals surface area contributed by atoms with Gasteiger partial charge in [0.05, 0.1) is 5.56 Å². The molecule has 116 valence electrons. The van der Waals surface area contributed by atoms with Crippen LogP contribution in [0.25, 0.3) is 0 Å². The van der Waals surface area contributed by atoms with Crippen molar-refractivity contribution >= 4 is 17.7 Å². The summed E-state index contributed by atoms with van der Waals surface area (Å²) in [6, 6.07) is 0.878. The number of nitrogens with one attached hydrogen (secondary N) is 2. The normalized spacial score (nSPS) is 11.9. The van der Waals surface area contributed by atoms with E-state index in [0.717, 1.165) is 6.07 Å². The third kappa shape index (κ3) is 4.33. The number of rotatable bonds is 3. The second-order valence-corrected chi connectivity index (χ2v) is 4.70. The maximum atomic E-state index is 13.1. The van der Waals surface area contributed by atoms with E-state index in [0.29, 0.717) is 12.1 Å². The molecule has 21 heavy (non-hydrogen) atoms. The van der Waals surface area contributed by atoms with Crippen LogP contribution in [-0.2, 0) is 11.0 Å². The molecule has 0 spiro atoms. The molecule has 1 rings (SSSR count). The van der Waals surface area contributed by atoms with Gasteiger partial charge in [-0.2, -0.15) is 13.2 Å². The molecule has 0 saturated carbocycles. The average molecular weight is 308 g/mol. The Balaban J connectivity index is 2.90. The summed E-state index contributed by atoms with van der Waals surface area (Å²) in [5.74, 6) is -2.80. The molecule has 0 heterocycles. The number of anilines is 1. The highest BCUT2D eigenvalue weighted by Crippen LogP contribution is 2.32. The predicted octanol–water partition coefficient (Wildman–Crippen LogP) is 2.83. The number of carboxylic acid groups (broad SMARTS) is 1. The largest absolute Gasteiger partial charge is 0.480 e. The number of carboxylic acids is 1. The van der Waals surface area contributed by atoms with Gasteiger partial charge in [-0.25, -0.2) is 14.0 Å². The minimum atomic E-state index is -4.90. The first-order chi connectivity index (χ1) is 9.43. The summed E-state index contributed by atoms with van der Waals surface area (Å²) < 4.78 is 50.5. The van der Waals surface area contributed by atoms with E-state index in [1.54, 1.807) is 0 Å². The van der Waals surface area contributed by atoms with E-state index in [-0.39, 0.29) is 5.69 Å². The zero-order valence-electron chi connectivity index (χ0n) is 11.0. The second kappa shape index (κ2) is 5.58. The SMILES string of the molecule is CC(C)(NC(=O)Nc1ccc(F)c(C(F)(F)F)c1)C(=O)O. The Morgan fingerprint density at radius 3 is 2.24 bits per heavy atom. The number of amides is 2. The summed E-state index contributed by atoms with van der Waals surface area (Å²) in [7, 11) is 0. The monoisotopic (exact) mass is 308 g/mol. The first kappa shape index (κ1) is 16.7. The Morgan fingerprint density at radius 1 is 1.19 bits per heavy atom. The summed E-state index contributed by atoms with van der Waals surface area (Å²) in [6.07, 6.45) is -4.90. The molecule has 0 fully saturated rings. The molecule has 9 heteroatoms. The van der Waals surface area contributed by atoms with Crippen LogP contribution < -0.4 is 10.6 Å². The Kier molecular flexibility index (Phi) is 4.45. The van der Waals surface area contributed by atoms with E-state index in [9.17, 15) is 27.2 Å². The van der Waals surface area contributed by atoms with Gasteiger partial charge in [0.25, 0.3) is 0 Å². The minimum absolute atomic E-state index is 0.317. The summed E-state index contributed by atoms with van der Waals surface area (Å²) in [4.78, 5) is 22.3. The fourth-order valence-corrected chi connectivity index (χ4v) is 1.32. The van der Waals surface area contributed by atoms with Crippen molar-refractivity contribution in [3.8, 4) is 0 Å². The first-order valence-electron chi connectivity index (χ1n) is 5.63. The zero-order valence-corrected chi connectivity index (χ0v) is 11.0. The molecule has 0 aliphatic heterocycles. The number of carbonyl (C=O) groups excluding carboxylic acids is 1. The van der Waals surface area contributed by atoms with E-state index >= 15 is 0 Å². The Labute approximate surface area is 117 Å². The van der Waals surface area contributed by atoms with Gasteiger partial charge in [-0.1, -0.05) is 0 Å². The van der Waals surface area contributed by atoms with Crippen LogP contribution in [0.4, 0.5) is 28.0 Å². The number of alkyl halides is 3. The number of benzene rings is 1. The van der Waals surface area contributed by atoms with Crippen LogP contribution in [0.15, 0.2) is 18.2 Å². The molecule has 1 aromatic rings. The first-order valence-corrected chi connectivity index (χ1v) is 5.63. The lowest BCUT2D eigenvalue weighted by Gasteiger charge is -2.21. The Morgan fingerprint density at radius 2 is 1.76 bits per heavy atom. The number of hydrogen-bond acceptors (Lipinski definition) is 2. The standard InChI is InChI=1S/C12H12F4N2O3/c1-11(2,9(19)20)18-10(21)17-6-3-4-8(13)7(5-6)12(14,15)16/h3-5H,1-2H3,(H,19,20)(H2,17,18,21). The van der Waals surface area contributed by atoms with Gasteiger partial charge in [0, 0.05) is 5.69 Å². The maximum Gasteiger partial charge on any atom is 0.419 e. The molecule has 0 aliphatic rings. The summed E-state index contributed by atoms with van der Waals surface area (Å²) in [5, 5.41) is 12.9. The van der Waals surface area contributed by atoms with Crippen molar-refractivity contribution in [2.75, 3.05) is 5.32 Å².